The summed E-state index contributed by atoms with van der Waals surface area (Å²) >= 11 is 0. The van der Waals surface area contributed by atoms with Crippen molar-refractivity contribution in [2.75, 3.05) is 0 Å². The number of sulfonamides is 1. The van der Waals surface area contributed by atoms with Crippen LogP contribution in [-0.4, -0.2) is 19.3 Å². The molecule has 7 heteroatoms. The molecule has 1 aromatic carbocycles. The second-order valence-corrected chi connectivity index (χ2v) is 6.87. The largest absolute Gasteiger partial charge is 0.274 e. The number of carbonyl (C=O) groups excluding carboxylic acids is 1. The van der Waals surface area contributed by atoms with Crippen molar-refractivity contribution in [3.05, 3.63) is 60.2 Å². The predicted molar refractivity (Wildman–Crippen MR) is 83.5 cm³/mol. The van der Waals surface area contributed by atoms with E-state index in [1.54, 1.807) is 25.1 Å². The average Bonchev–Trinajstić information content (AvgIpc) is 2.54. The summed E-state index contributed by atoms with van der Waals surface area (Å²) in [5.74, 6) is -1.52. The van der Waals surface area contributed by atoms with E-state index in [4.69, 9.17) is 0 Å². The maximum absolute atomic E-state index is 13.5. The highest BCUT2D eigenvalue weighted by molar-refractivity contribution is 7.90. The molecule has 0 unspecified atom stereocenters. The summed E-state index contributed by atoms with van der Waals surface area (Å²) < 4.78 is 39.6. The lowest BCUT2D eigenvalue weighted by Crippen LogP contribution is -2.34. The number of pyridine rings is 1. The molecular weight excluding hydrogens is 319 g/mol. The molecule has 0 aliphatic rings. The van der Waals surface area contributed by atoms with Gasteiger partial charge < -0.3 is 0 Å². The summed E-state index contributed by atoms with van der Waals surface area (Å²) in [6.45, 7) is 1.61. The van der Waals surface area contributed by atoms with Crippen molar-refractivity contribution in [3.8, 4) is 0 Å². The molecule has 1 aromatic heterocycles. The van der Waals surface area contributed by atoms with Crippen LogP contribution in [-0.2, 0) is 21.2 Å². The Balaban J connectivity index is 1.97. The molecule has 0 saturated heterocycles. The lowest BCUT2D eigenvalue weighted by Gasteiger charge is -2.12. The first-order valence-corrected chi connectivity index (χ1v) is 8.58. The van der Waals surface area contributed by atoms with Crippen LogP contribution in [0.1, 0.15) is 18.9 Å². The van der Waals surface area contributed by atoms with Crippen molar-refractivity contribution in [2.24, 2.45) is 5.92 Å². The van der Waals surface area contributed by atoms with E-state index < -0.39 is 21.8 Å². The van der Waals surface area contributed by atoms with Crippen molar-refractivity contribution in [2.45, 2.75) is 24.7 Å². The first-order chi connectivity index (χ1) is 10.9. The van der Waals surface area contributed by atoms with Crippen LogP contribution < -0.4 is 4.72 Å². The Hall–Kier alpha value is -2.28. The molecule has 23 heavy (non-hydrogen) atoms. The van der Waals surface area contributed by atoms with Gasteiger partial charge in [0.05, 0.1) is 0 Å². The third-order valence-electron chi connectivity index (χ3n) is 3.43. The zero-order chi connectivity index (χ0) is 16.9. The summed E-state index contributed by atoms with van der Waals surface area (Å²) in [5.41, 5.74) is 0.502. The van der Waals surface area contributed by atoms with Gasteiger partial charge in [-0.25, -0.2) is 17.5 Å². The van der Waals surface area contributed by atoms with E-state index >= 15 is 0 Å². The molecule has 2 rings (SSSR count). The number of aromatic nitrogens is 1. The Bertz CT molecular complexity index is 779. The topological polar surface area (TPSA) is 76.1 Å². The van der Waals surface area contributed by atoms with Gasteiger partial charge in [-0.3, -0.25) is 9.78 Å². The summed E-state index contributed by atoms with van der Waals surface area (Å²) in [6.07, 6.45) is 3.31. The second-order valence-electron chi connectivity index (χ2n) is 5.19. The molecule has 0 aliphatic heterocycles. The van der Waals surface area contributed by atoms with Crippen molar-refractivity contribution >= 4 is 15.9 Å². The zero-order valence-electron chi connectivity index (χ0n) is 12.6. The van der Waals surface area contributed by atoms with Crippen LogP contribution in [0.2, 0.25) is 0 Å². The molecule has 0 fully saturated rings. The number of halogens is 1. The van der Waals surface area contributed by atoms with E-state index in [-0.39, 0.29) is 10.7 Å². The fraction of sp³-hybridized carbons (Fsp3) is 0.250. The quantitative estimate of drug-likeness (QED) is 0.878. The van der Waals surface area contributed by atoms with Crippen LogP contribution in [0, 0.1) is 11.7 Å². The van der Waals surface area contributed by atoms with Crippen molar-refractivity contribution < 1.29 is 17.6 Å². The fourth-order valence-corrected chi connectivity index (χ4v) is 3.04. The van der Waals surface area contributed by atoms with E-state index in [2.05, 4.69) is 4.98 Å². The summed E-state index contributed by atoms with van der Waals surface area (Å²) in [7, 11) is -3.93. The van der Waals surface area contributed by atoms with Gasteiger partial charge >= 0.3 is 0 Å². The van der Waals surface area contributed by atoms with Gasteiger partial charge in [0, 0.05) is 18.3 Å². The van der Waals surface area contributed by atoms with E-state index in [0.717, 1.165) is 0 Å². The monoisotopic (exact) mass is 336 g/mol. The van der Waals surface area contributed by atoms with Crippen molar-refractivity contribution in [1.82, 2.24) is 9.71 Å². The maximum atomic E-state index is 13.5. The second kappa shape index (κ2) is 7.32. The van der Waals surface area contributed by atoms with E-state index in [1.165, 1.54) is 30.6 Å². The lowest BCUT2D eigenvalue weighted by atomic mass is 10.0. The van der Waals surface area contributed by atoms with Crippen LogP contribution in [0.5, 0.6) is 0 Å². The van der Waals surface area contributed by atoms with Crippen LogP contribution in [0.25, 0.3) is 0 Å². The number of aryl methyl sites for hydroxylation is 1. The summed E-state index contributed by atoms with van der Waals surface area (Å²) in [6, 6.07) is 9.14. The summed E-state index contributed by atoms with van der Waals surface area (Å²) in [4.78, 5) is 15.7. The molecule has 1 amide bonds. The normalized spacial score (nSPS) is 12.6. The first kappa shape index (κ1) is 17.1. The number of amides is 1. The molecule has 0 spiro atoms. The minimum Gasteiger partial charge on any atom is -0.274 e. The average molecular weight is 336 g/mol. The lowest BCUT2D eigenvalue weighted by molar-refractivity contribution is -0.122. The van der Waals surface area contributed by atoms with Gasteiger partial charge in [-0.1, -0.05) is 25.1 Å². The predicted octanol–water partition coefficient (Wildman–Crippen LogP) is 2.29. The SMILES string of the molecule is C[C@H](CCc1ccccc1F)C(=O)NS(=O)(=O)c1cccnc1. The maximum Gasteiger partial charge on any atom is 0.265 e. The Morgan fingerprint density at radius 1 is 1.26 bits per heavy atom. The zero-order valence-corrected chi connectivity index (χ0v) is 13.4. The molecule has 1 heterocycles. The molecule has 5 nitrogen and oxygen atoms in total. The third-order valence-corrected chi connectivity index (χ3v) is 4.76. The molecule has 1 N–H and O–H groups in total. The van der Waals surface area contributed by atoms with Crippen LogP contribution in [0.3, 0.4) is 0 Å². The van der Waals surface area contributed by atoms with Crippen LogP contribution in [0.4, 0.5) is 4.39 Å². The molecular formula is C16H17FN2O3S. The Morgan fingerprint density at radius 3 is 2.65 bits per heavy atom. The van der Waals surface area contributed by atoms with Crippen LogP contribution >= 0.6 is 0 Å². The molecule has 122 valence electrons. The van der Waals surface area contributed by atoms with Gasteiger partial charge in [-0.15, -0.1) is 0 Å². The van der Waals surface area contributed by atoms with Gasteiger partial charge in [0.2, 0.25) is 5.91 Å². The van der Waals surface area contributed by atoms with Gasteiger partial charge in [0.15, 0.2) is 0 Å². The van der Waals surface area contributed by atoms with E-state index in [9.17, 15) is 17.6 Å². The highest BCUT2D eigenvalue weighted by atomic mass is 32.2. The molecule has 0 saturated carbocycles. The van der Waals surface area contributed by atoms with Crippen molar-refractivity contribution in [3.63, 3.8) is 0 Å². The first-order valence-electron chi connectivity index (χ1n) is 7.10. The smallest absolute Gasteiger partial charge is 0.265 e. The standard InChI is InChI=1S/C16H17FN2O3S/c1-12(8-9-13-5-2-3-7-15(13)17)16(20)19-23(21,22)14-6-4-10-18-11-14/h2-7,10-12H,8-9H2,1H3,(H,19,20)/t12-/m1/s1. The van der Waals surface area contributed by atoms with Crippen molar-refractivity contribution in [1.29, 1.82) is 0 Å². The molecule has 0 bridgehead atoms. The molecule has 2 aromatic rings. The van der Waals surface area contributed by atoms with Gasteiger partial charge in [-0.2, -0.15) is 0 Å². The number of rotatable bonds is 6. The number of hydrogen-bond donors (Lipinski definition) is 1. The number of hydrogen-bond acceptors (Lipinski definition) is 4. The molecule has 0 radical (unpaired) electrons. The number of carbonyl (C=O) groups is 1. The highest BCUT2D eigenvalue weighted by Crippen LogP contribution is 2.14. The summed E-state index contributed by atoms with van der Waals surface area (Å²) in [5, 5.41) is 0. The highest BCUT2D eigenvalue weighted by Gasteiger charge is 2.21. The molecule has 0 aliphatic carbocycles. The van der Waals surface area contributed by atoms with Gasteiger partial charge in [0.25, 0.3) is 10.0 Å². The molecule has 1 atom stereocenters. The van der Waals surface area contributed by atoms with E-state index in [0.29, 0.717) is 18.4 Å². The minimum absolute atomic E-state index is 0.0744. The fourth-order valence-electron chi connectivity index (χ4n) is 2.00. The third kappa shape index (κ3) is 4.59. The number of nitrogens with one attached hydrogen (secondary N) is 1. The number of benzene rings is 1. The van der Waals surface area contributed by atoms with Gasteiger partial charge in [0.1, 0.15) is 10.7 Å². The Kier molecular flexibility index (Phi) is 5.44. The Morgan fingerprint density at radius 2 is 2.00 bits per heavy atom. The van der Waals surface area contributed by atoms with Gasteiger partial charge in [-0.05, 0) is 36.6 Å². The minimum atomic E-state index is -3.93. The Labute approximate surface area is 134 Å². The van der Waals surface area contributed by atoms with Crippen LogP contribution in [0.15, 0.2) is 53.7 Å². The van der Waals surface area contributed by atoms with E-state index in [1.807, 2.05) is 4.72 Å². The number of nitrogens with zero attached hydrogens (tertiary/aromatic N) is 1.